The topological polar surface area (TPSA) is 584 Å². The third kappa shape index (κ3) is 15.7. The van der Waals surface area contributed by atoms with Crippen molar-refractivity contribution in [2.24, 2.45) is 40.4 Å². The van der Waals surface area contributed by atoms with Crippen LogP contribution in [0.4, 0.5) is 0 Å². The van der Waals surface area contributed by atoms with Crippen molar-refractivity contribution < 1.29 is 183 Å². The first-order chi connectivity index (χ1) is 49.7. The van der Waals surface area contributed by atoms with E-state index in [1.807, 2.05) is 6.92 Å². The molecule has 8 heterocycles. The molecule has 4 aliphatic carbocycles. The van der Waals surface area contributed by atoms with Crippen LogP contribution >= 0.6 is 0 Å². The molecular formula is C68H110O37. The highest BCUT2D eigenvalue weighted by Crippen LogP contribution is 2.70. The van der Waals surface area contributed by atoms with E-state index in [1.165, 1.54) is 6.92 Å². The molecule has 37 nitrogen and oxygen atoms in total. The standard InChI is InChI=1S/C68H110O37/c1-23(20-91-59-49(84)45(80)41(76)33(16-69)96-59)8-13-68(90)24(2)38-32(105-68)15-30-28-7-6-26-14-27(9-11-66(26,4)29(28)10-12-67(30,38)5)95-65-58(104-62-51(86)44(79)39(74)25(3)94-62)53(88)55(36(19-72)99-65)102-64-54(89)57(43(78)35(18-71)98-64)103-63-52(87)47(82)56(101-61-48(83)40(75)31(73)21-92-61)37(100-63)22-93-60-50(85)46(81)42(77)34(17-70)97-60/h6,24-25,27-65,69-90H,1,7-22H2,2-5H3/t24-,25-,27-,28+,29-,30-,31+,32-,33+,34+,35+,36+,37+,38-,39-,40-,41+,42+,43+,44+,45-,46-,47+,48+,49+,50+,51+,52+,53-,54+,55+,56+,57-,58+,59+,60+,61-,62-,63-,64-,65+,66-,67-,68-/m0/s1. The molecule has 0 aromatic carbocycles. The summed E-state index contributed by atoms with van der Waals surface area (Å²) < 4.78 is 89.7. The van der Waals surface area contributed by atoms with E-state index < -0.39 is 260 Å². The molecule has 0 radical (unpaired) electrons. The zero-order valence-electron chi connectivity index (χ0n) is 58.7. The van der Waals surface area contributed by atoms with Crippen LogP contribution in [0.2, 0.25) is 0 Å². The van der Waals surface area contributed by atoms with Crippen LogP contribution in [0.25, 0.3) is 0 Å². The quantitative estimate of drug-likeness (QED) is 0.0423. The number of ether oxygens (including phenoxy) is 15. The maximum Gasteiger partial charge on any atom is 0.187 e. The maximum atomic E-state index is 12.6. The highest BCUT2D eigenvalue weighted by atomic mass is 16.8. The van der Waals surface area contributed by atoms with Crippen LogP contribution < -0.4 is 0 Å². The molecule has 0 aromatic heterocycles. The van der Waals surface area contributed by atoms with E-state index in [2.05, 4.69) is 26.5 Å². The van der Waals surface area contributed by atoms with Crippen LogP contribution in [-0.2, 0) is 71.1 Å². The molecule has 0 bridgehead atoms. The lowest BCUT2D eigenvalue weighted by Crippen LogP contribution is -2.68. The Morgan fingerprint density at radius 1 is 0.495 bits per heavy atom. The van der Waals surface area contributed by atoms with Gasteiger partial charge in [-0.25, -0.2) is 0 Å². The van der Waals surface area contributed by atoms with Crippen molar-refractivity contribution in [2.75, 3.05) is 46.2 Å². The Hall–Kier alpha value is -2.00. The predicted molar refractivity (Wildman–Crippen MR) is 342 cm³/mol. The summed E-state index contributed by atoms with van der Waals surface area (Å²) in [7, 11) is 0. The zero-order valence-corrected chi connectivity index (χ0v) is 58.7. The molecule has 105 heavy (non-hydrogen) atoms. The third-order valence-electron chi connectivity index (χ3n) is 25.2. The van der Waals surface area contributed by atoms with E-state index in [9.17, 15) is 112 Å². The van der Waals surface area contributed by atoms with Crippen LogP contribution in [-0.4, -0.2) is 385 Å². The Kier molecular flexibility index (Phi) is 26.1. The van der Waals surface area contributed by atoms with Crippen LogP contribution in [0.3, 0.4) is 0 Å². The number of allylic oxidation sites excluding steroid dienone is 1. The summed E-state index contributed by atoms with van der Waals surface area (Å²) in [5.74, 6) is -0.886. The van der Waals surface area contributed by atoms with Gasteiger partial charge >= 0.3 is 0 Å². The Balaban J connectivity index is 0.718. The van der Waals surface area contributed by atoms with Crippen LogP contribution in [0.5, 0.6) is 0 Å². The van der Waals surface area contributed by atoms with Crippen molar-refractivity contribution in [3.8, 4) is 0 Å². The molecule has 22 N–H and O–H groups in total. The third-order valence-corrected chi connectivity index (χ3v) is 25.2. The minimum Gasteiger partial charge on any atom is -0.394 e. The number of aliphatic hydroxyl groups excluding tert-OH is 21. The smallest absolute Gasteiger partial charge is 0.187 e. The monoisotopic (exact) mass is 1520 g/mol. The summed E-state index contributed by atoms with van der Waals surface area (Å²) >= 11 is 0. The summed E-state index contributed by atoms with van der Waals surface area (Å²) in [6.45, 7) is 7.21. The van der Waals surface area contributed by atoms with Gasteiger partial charge in [-0.15, -0.1) is 0 Å². The molecule has 8 aliphatic heterocycles. The van der Waals surface area contributed by atoms with Crippen molar-refractivity contribution in [1.82, 2.24) is 0 Å². The van der Waals surface area contributed by atoms with Crippen molar-refractivity contribution in [3.05, 3.63) is 23.8 Å². The molecule has 0 aromatic rings. The number of aliphatic hydroxyl groups is 22. The molecule has 8 saturated heterocycles. The van der Waals surface area contributed by atoms with Gasteiger partial charge in [0, 0.05) is 12.3 Å². The zero-order chi connectivity index (χ0) is 76.0. The van der Waals surface area contributed by atoms with Gasteiger partial charge in [0.15, 0.2) is 49.8 Å². The lowest BCUT2D eigenvalue weighted by Gasteiger charge is -2.58. The summed E-state index contributed by atoms with van der Waals surface area (Å²) in [6, 6.07) is 0. The highest BCUT2D eigenvalue weighted by molar-refractivity contribution is 5.27. The molecule has 604 valence electrons. The van der Waals surface area contributed by atoms with Gasteiger partial charge in [-0.05, 0) is 92.8 Å². The molecule has 44 atom stereocenters. The Morgan fingerprint density at radius 2 is 1.02 bits per heavy atom. The van der Waals surface area contributed by atoms with E-state index in [0.717, 1.165) is 31.3 Å². The predicted octanol–water partition coefficient (Wildman–Crippen LogP) is -8.98. The first-order valence-electron chi connectivity index (χ1n) is 36.5. The van der Waals surface area contributed by atoms with Crippen molar-refractivity contribution in [3.63, 3.8) is 0 Å². The molecule has 0 spiro atoms. The summed E-state index contributed by atoms with van der Waals surface area (Å²) in [5, 5.41) is 240. The molecule has 11 fully saturated rings. The molecule has 0 amide bonds. The summed E-state index contributed by atoms with van der Waals surface area (Å²) in [6.07, 6.45) is -53.9. The SMILES string of the molecule is C=C(CC[C@]1(O)O[C@H]2C[C@H]3[C@@H]4CC=C5C[C@@H](O[C@@H]6O[C@H](CO)[C@@H](O[C@@H]7O[C@H](CO)[C@@H](O)[C@H](O[C@@H]8O[C@H](CO[C@@H]9O[C@H](CO)[C@@H](O)[C@H](O)[C@H]9O)[C@@H](O[C@@H]9OC[C@@H](O)[C@H](O)[C@H]9O)[C@H](O)[C@H]8O)[C@H]7O)[C@H](O)[C@H]6O[C@@H]6O[C@@H](C)[C@H](O)[C@@H](O)[C@H]6O)CC[C@]5(C)[C@H]4CC[C@]3(C)[C@H]2[C@@H]1C)CO[C@@H]1O[C@H](CO)[C@@H](O)[C@H](O)[C@H]1O. The summed E-state index contributed by atoms with van der Waals surface area (Å²) in [5.41, 5.74) is 1.25. The number of fused-ring (bicyclic) bond motifs is 7. The van der Waals surface area contributed by atoms with E-state index in [-0.39, 0.29) is 59.6 Å². The lowest BCUT2D eigenvalue weighted by atomic mass is 9.47. The number of rotatable bonds is 23. The summed E-state index contributed by atoms with van der Waals surface area (Å²) in [4.78, 5) is 0. The van der Waals surface area contributed by atoms with Crippen molar-refractivity contribution in [1.29, 1.82) is 0 Å². The fourth-order valence-electron chi connectivity index (χ4n) is 18.9. The second-order valence-electron chi connectivity index (χ2n) is 31.4. The molecule has 12 rings (SSSR count). The Bertz CT molecular complexity index is 2890. The number of hydrogen-bond acceptors (Lipinski definition) is 37. The molecular weight excluding hydrogens is 1410 g/mol. The average Bonchev–Trinajstić information content (AvgIpc) is 1.54. The van der Waals surface area contributed by atoms with Gasteiger partial charge in [0.2, 0.25) is 0 Å². The fourth-order valence-corrected chi connectivity index (χ4v) is 18.9. The van der Waals surface area contributed by atoms with E-state index in [1.54, 1.807) is 0 Å². The Morgan fingerprint density at radius 3 is 1.68 bits per heavy atom. The maximum absolute atomic E-state index is 12.6. The van der Waals surface area contributed by atoms with Crippen LogP contribution in [0.15, 0.2) is 23.8 Å². The molecule has 12 aliphatic rings. The fraction of sp³-hybridized carbons (Fsp3) is 0.941. The largest absolute Gasteiger partial charge is 0.394 e. The van der Waals surface area contributed by atoms with Crippen molar-refractivity contribution >= 4 is 0 Å². The van der Waals surface area contributed by atoms with E-state index in [0.29, 0.717) is 31.3 Å². The van der Waals surface area contributed by atoms with Gasteiger partial charge in [0.05, 0.1) is 64.6 Å². The molecule has 37 heteroatoms. The average molecular weight is 1520 g/mol. The van der Waals surface area contributed by atoms with Gasteiger partial charge < -0.3 is 183 Å². The minimum absolute atomic E-state index is 0.0405. The highest BCUT2D eigenvalue weighted by Gasteiger charge is 2.69. The normalized spacial score (nSPS) is 54.5. The van der Waals surface area contributed by atoms with Crippen LogP contribution in [0.1, 0.15) is 85.5 Å². The Labute approximate surface area is 604 Å². The van der Waals surface area contributed by atoms with Gasteiger partial charge in [0.1, 0.15) is 159 Å². The van der Waals surface area contributed by atoms with Crippen LogP contribution in [0, 0.1) is 40.4 Å². The first kappa shape index (κ1) is 82.5. The van der Waals surface area contributed by atoms with Gasteiger partial charge in [-0.2, -0.15) is 0 Å². The second kappa shape index (κ2) is 33.2. The second-order valence-corrected chi connectivity index (χ2v) is 31.4. The first-order valence-corrected chi connectivity index (χ1v) is 36.5. The van der Waals surface area contributed by atoms with Gasteiger partial charge in [-0.3, -0.25) is 0 Å². The number of hydrogen-bond donors (Lipinski definition) is 22. The van der Waals surface area contributed by atoms with Gasteiger partial charge in [0.25, 0.3) is 0 Å². The minimum atomic E-state index is -2.24. The lowest BCUT2D eigenvalue weighted by molar-refractivity contribution is -0.400. The van der Waals surface area contributed by atoms with E-state index >= 15 is 0 Å². The molecule has 0 unspecified atom stereocenters. The van der Waals surface area contributed by atoms with E-state index in [4.69, 9.17) is 71.1 Å². The molecule has 3 saturated carbocycles. The van der Waals surface area contributed by atoms with Crippen molar-refractivity contribution in [2.45, 2.75) is 312 Å². The van der Waals surface area contributed by atoms with Gasteiger partial charge in [-0.1, -0.05) is 44.6 Å².